The Kier molecular flexibility index (Phi) is 6.64. The first-order valence-electron chi connectivity index (χ1n) is 5.17. The number of carbonyl (C=O) groups is 2. The first kappa shape index (κ1) is 14.8. The van der Waals surface area contributed by atoms with E-state index in [4.69, 9.17) is 15.9 Å². The van der Waals surface area contributed by atoms with E-state index in [0.717, 1.165) is 0 Å². The van der Waals surface area contributed by atoms with E-state index in [0.29, 0.717) is 12.8 Å². The lowest BCUT2D eigenvalue weighted by molar-refractivity contribution is -0.155. The van der Waals surface area contributed by atoms with Crippen molar-refractivity contribution in [3.63, 3.8) is 0 Å². The van der Waals surface area contributed by atoms with E-state index in [1.54, 1.807) is 6.92 Å². The lowest BCUT2D eigenvalue weighted by Gasteiger charge is -2.20. The predicted octanol–water partition coefficient (Wildman–Crippen LogP) is 0.875. The second kappa shape index (κ2) is 7.16. The lowest BCUT2D eigenvalue weighted by Crippen LogP contribution is -2.41. The molecule has 6 heteroatoms. The van der Waals surface area contributed by atoms with Gasteiger partial charge in [-0.15, -0.1) is 0 Å². The molecule has 2 atom stereocenters. The van der Waals surface area contributed by atoms with Crippen LogP contribution in [0.1, 0.15) is 26.2 Å². The summed E-state index contributed by atoms with van der Waals surface area (Å²) in [5, 5.41) is 17.4. The molecule has 0 saturated carbocycles. The minimum absolute atomic E-state index is 0.0203. The molecule has 0 spiro atoms. The Hall–Kier alpha value is -1.17. The van der Waals surface area contributed by atoms with Gasteiger partial charge in [-0.2, -0.15) is 0 Å². The molecule has 16 heavy (non-hydrogen) atoms. The Morgan fingerprint density at radius 2 is 1.81 bits per heavy atom. The van der Waals surface area contributed by atoms with Crippen LogP contribution in [0.3, 0.4) is 0 Å². The normalized spacial score (nSPS) is 14.8. The third kappa shape index (κ3) is 5.06. The number of nitrogens with two attached hydrogens (primary N) is 1. The summed E-state index contributed by atoms with van der Waals surface area (Å²) in [4.78, 5) is 21.3. The molecule has 4 N–H and O–H groups in total. The van der Waals surface area contributed by atoms with E-state index in [-0.39, 0.29) is 12.3 Å². The number of carboxylic acid groups (broad SMARTS) is 2. The molecule has 0 rings (SSSR count). The number of hydrogen-bond donors (Lipinski definition) is 3. The van der Waals surface area contributed by atoms with Crippen LogP contribution in [0, 0.1) is 11.8 Å². The molecule has 0 saturated heterocycles. The summed E-state index contributed by atoms with van der Waals surface area (Å²) in [5.41, 5.74) is 5.54. The first-order chi connectivity index (χ1) is 7.40. The fourth-order valence-electron chi connectivity index (χ4n) is 1.62. The molecule has 0 aliphatic carbocycles. The molecule has 0 amide bonds. The Morgan fingerprint density at radius 1 is 1.31 bits per heavy atom. The molecule has 94 valence electrons. The van der Waals surface area contributed by atoms with Crippen molar-refractivity contribution in [2.45, 2.75) is 32.2 Å². The highest BCUT2D eigenvalue weighted by Gasteiger charge is 2.33. The highest BCUT2D eigenvalue weighted by Crippen LogP contribution is 2.17. The van der Waals surface area contributed by atoms with E-state index in [1.165, 1.54) is 0 Å². The summed E-state index contributed by atoms with van der Waals surface area (Å²) in [6, 6.07) is -0.940. The van der Waals surface area contributed by atoms with Gasteiger partial charge in [0.25, 0.3) is 0 Å². The van der Waals surface area contributed by atoms with Crippen LogP contribution in [0.2, 0.25) is 0 Å². The molecule has 5 nitrogen and oxygen atoms in total. The molecule has 0 aliphatic rings. The summed E-state index contributed by atoms with van der Waals surface area (Å²) in [6.45, 7) is 1.37. The Bertz CT molecular complexity index is 233. The van der Waals surface area contributed by atoms with Gasteiger partial charge >= 0.3 is 11.9 Å². The van der Waals surface area contributed by atoms with Gasteiger partial charge in [-0.1, -0.05) is 6.92 Å². The van der Waals surface area contributed by atoms with Crippen molar-refractivity contribution in [1.82, 2.24) is 0 Å². The molecule has 0 aromatic heterocycles. The second-order valence-corrected chi connectivity index (χ2v) is 3.99. The van der Waals surface area contributed by atoms with Gasteiger partial charge in [0.1, 0.15) is 0 Å². The van der Waals surface area contributed by atoms with Crippen LogP contribution in [-0.2, 0) is 9.59 Å². The number of hydrogen-bond acceptors (Lipinski definition) is 3. The van der Waals surface area contributed by atoms with Crippen LogP contribution < -0.4 is 5.73 Å². The summed E-state index contributed by atoms with van der Waals surface area (Å²) < 4.78 is 11.9. The van der Waals surface area contributed by atoms with E-state index < -0.39 is 30.6 Å². The maximum absolute atomic E-state index is 11.9. The third-order valence-corrected chi connectivity index (χ3v) is 2.47. The van der Waals surface area contributed by atoms with Crippen molar-refractivity contribution in [1.29, 1.82) is 0 Å². The Balaban J connectivity index is 4.25. The maximum Gasteiger partial charge on any atom is 0.319 e. The summed E-state index contributed by atoms with van der Waals surface area (Å²) in [7, 11) is 0. The van der Waals surface area contributed by atoms with Crippen LogP contribution in [0.4, 0.5) is 4.39 Å². The van der Waals surface area contributed by atoms with Crippen LogP contribution in [0.25, 0.3) is 0 Å². The average molecular weight is 235 g/mol. The van der Waals surface area contributed by atoms with Crippen molar-refractivity contribution >= 4 is 11.9 Å². The van der Waals surface area contributed by atoms with Crippen LogP contribution >= 0.6 is 0 Å². The second-order valence-electron chi connectivity index (χ2n) is 3.99. The number of carboxylic acids is 2. The number of halogens is 1. The minimum atomic E-state index is -1.59. The quantitative estimate of drug-likeness (QED) is 0.542. The third-order valence-electron chi connectivity index (χ3n) is 2.47. The zero-order valence-electron chi connectivity index (χ0n) is 9.23. The summed E-state index contributed by atoms with van der Waals surface area (Å²) >= 11 is 0. The van der Waals surface area contributed by atoms with Gasteiger partial charge in [-0.3, -0.25) is 14.0 Å². The van der Waals surface area contributed by atoms with Gasteiger partial charge < -0.3 is 15.9 Å². The van der Waals surface area contributed by atoms with Crippen LogP contribution in [0.5, 0.6) is 0 Å². The molecule has 0 bridgehead atoms. The zero-order chi connectivity index (χ0) is 12.7. The van der Waals surface area contributed by atoms with Crippen LogP contribution in [0.15, 0.2) is 0 Å². The molecule has 0 fully saturated rings. The molecular formula is C10H18FNO4. The van der Waals surface area contributed by atoms with E-state index >= 15 is 0 Å². The van der Waals surface area contributed by atoms with E-state index in [1.807, 2.05) is 0 Å². The fourth-order valence-corrected chi connectivity index (χ4v) is 1.62. The average Bonchev–Trinajstić information content (AvgIpc) is 2.13. The molecule has 0 radical (unpaired) electrons. The molecule has 0 aliphatic heterocycles. The minimum Gasteiger partial charge on any atom is -0.481 e. The van der Waals surface area contributed by atoms with Crippen molar-refractivity contribution in [2.75, 3.05) is 6.67 Å². The SMILES string of the molecule is CC(CCCF)CC(N)C(C(=O)O)C(=O)O. The Labute approximate surface area is 93.4 Å². The van der Waals surface area contributed by atoms with Gasteiger partial charge in [0.2, 0.25) is 0 Å². The Morgan fingerprint density at radius 3 is 2.19 bits per heavy atom. The van der Waals surface area contributed by atoms with Crippen molar-refractivity contribution < 1.29 is 24.2 Å². The number of aliphatic carboxylic acids is 2. The number of rotatable bonds is 8. The van der Waals surface area contributed by atoms with E-state index in [2.05, 4.69) is 0 Å². The maximum atomic E-state index is 11.9. The first-order valence-corrected chi connectivity index (χ1v) is 5.17. The standard InChI is InChI=1S/C10H18FNO4/c1-6(3-2-4-11)5-7(12)8(9(13)14)10(15)16/h6-8H,2-5,12H2,1H3,(H,13,14)(H,15,16). The molecule has 0 aromatic rings. The zero-order valence-corrected chi connectivity index (χ0v) is 9.23. The summed E-state index contributed by atoms with van der Waals surface area (Å²) in [6.07, 6.45) is 1.23. The van der Waals surface area contributed by atoms with Crippen molar-refractivity contribution in [3.8, 4) is 0 Å². The largest absolute Gasteiger partial charge is 0.481 e. The topological polar surface area (TPSA) is 101 Å². The van der Waals surface area contributed by atoms with Crippen molar-refractivity contribution in [2.24, 2.45) is 17.6 Å². The fraction of sp³-hybridized carbons (Fsp3) is 0.800. The molecule has 0 aromatic carbocycles. The monoisotopic (exact) mass is 235 g/mol. The number of alkyl halides is 1. The lowest BCUT2D eigenvalue weighted by atomic mass is 9.90. The van der Waals surface area contributed by atoms with Crippen molar-refractivity contribution in [3.05, 3.63) is 0 Å². The highest BCUT2D eigenvalue weighted by atomic mass is 19.1. The van der Waals surface area contributed by atoms with Gasteiger partial charge in [0, 0.05) is 6.04 Å². The van der Waals surface area contributed by atoms with Gasteiger partial charge in [-0.05, 0) is 25.2 Å². The molecular weight excluding hydrogens is 217 g/mol. The predicted molar refractivity (Wildman–Crippen MR) is 55.7 cm³/mol. The van der Waals surface area contributed by atoms with Gasteiger partial charge in [0.15, 0.2) is 5.92 Å². The van der Waals surface area contributed by atoms with Gasteiger partial charge in [-0.25, -0.2) is 0 Å². The van der Waals surface area contributed by atoms with Crippen LogP contribution in [-0.4, -0.2) is 34.9 Å². The molecule has 0 heterocycles. The van der Waals surface area contributed by atoms with Gasteiger partial charge in [0.05, 0.1) is 6.67 Å². The smallest absolute Gasteiger partial charge is 0.319 e. The van der Waals surface area contributed by atoms with E-state index in [9.17, 15) is 14.0 Å². The molecule has 2 unspecified atom stereocenters. The summed E-state index contributed by atoms with van der Waals surface area (Å²) in [5.74, 6) is -4.44. The highest BCUT2D eigenvalue weighted by molar-refractivity contribution is 5.93.